The van der Waals surface area contributed by atoms with Gasteiger partial charge in [-0.1, -0.05) is 38.4 Å². The number of carbonyl (C=O) groups excluding carboxylic acids is 4. The topological polar surface area (TPSA) is 183 Å². The maximum Gasteiger partial charge on any atom is 0.408 e. The molecule has 64 heavy (non-hydrogen) atoms. The number of aromatic nitrogens is 2. The third-order valence-corrected chi connectivity index (χ3v) is 14.1. The molecule has 3 saturated carbocycles. The van der Waals surface area contributed by atoms with Gasteiger partial charge in [-0.2, -0.15) is 0 Å². The van der Waals surface area contributed by atoms with Gasteiger partial charge in [-0.25, -0.2) is 19.6 Å². The van der Waals surface area contributed by atoms with E-state index in [2.05, 4.69) is 27.4 Å². The number of esters is 1. The monoisotopic (exact) mass is 921 g/mol. The number of nitrogens with zero attached hydrogens (tertiary/aromatic N) is 4. The Bertz CT molecular complexity index is 2250. The van der Waals surface area contributed by atoms with Gasteiger partial charge in [-0.3, -0.25) is 14.5 Å². The molecular weight excluding hydrogens is 862 g/mol. The number of ether oxygens (including phenoxy) is 5. The van der Waals surface area contributed by atoms with Crippen LogP contribution in [0.1, 0.15) is 66.7 Å². The van der Waals surface area contributed by atoms with Crippen molar-refractivity contribution in [3.05, 3.63) is 41.3 Å². The lowest BCUT2D eigenvalue weighted by Crippen LogP contribution is -2.59. The van der Waals surface area contributed by atoms with Crippen LogP contribution in [-0.2, 0) is 28.6 Å². The van der Waals surface area contributed by atoms with Gasteiger partial charge in [0.25, 0.3) is 0 Å². The van der Waals surface area contributed by atoms with Crippen LogP contribution in [0.3, 0.4) is 0 Å². The summed E-state index contributed by atoms with van der Waals surface area (Å²) in [6.07, 6.45) is 3.22. The number of likely N-dealkylation sites (tertiary alicyclic amines) is 1. The molecule has 2 saturated heterocycles. The van der Waals surface area contributed by atoms with E-state index in [4.69, 9.17) is 45.3 Å². The molecule has 4 heterocycles. The van der Waals surface area contributed by atoms with E-state index in [9.17, 15) is 19.2 Å². The molecule has 18 heteroatoms. The number of benzene rings is 1. The third-order valence-electron chi connectivity index (χ3n) is 13.0. The molecule has 8 atom stereocenters. The fraction of sp³-hybridized carbons (Fsp3) is 0.609. The summed E-state index contributed by atoms with van der Waals surface area (Å²) in [5, 5.41) is 12.7. The number of halogens is 1. The Labute approximate surface area is 383 Å². The van der Waals surface area contributed by atoms with Crippen LogP contribution in [0.2, 0.25) is 5.02 Å². The number of nitrogens with one attached hydrogen (secondary N) is 3. The number of hydrogen-bond acceptors (Lipinski definition) is 14. The number of methoxy groups -OCH3 is 1. The number of alkyl carbamates (subject to hydrolysis) is 1. The largest absolute Gasteiger partial charge is 0.491 e. The maximum absolute atomic E-state index is 14.9. The number of anilines is 1. The maximum atomic E-state index is 14.9. The first-order valence-corrected chi connectivity index (χ1v) is 23.6. The van der Waals surface area contributed by atoms with E-state index in [0.29, 0.717) is 83.4 Å². The summed E-state index contributed by atoms with van der Waals surface area (Å²) in [5.41, 5.74) is -0.547. The molecule has 5 fully saturated rings. The fourth-order valence-corrected chi connectivity index (χ4v) is 10.4. The standard InChI is InChI=1S/C46H60ClN7O9S/c1-8-28-22-46(28,42(57)59-7)52-40(55)34-20-30(23-54(34)41(56)39(45(4,5)6)51-44(58)63-29-18-26-17-27(26)19-29)62-36-21-32(33-24-64-43(50-33)48-25(2)3)49-38-31(36)9-10-35(37(38)47)61-16-13-53-11-14-60-15-12-53/h8-10,21,24-30,34,39H,1,11-20,22-23H2,2-7H3,(H,48,50)(H,51,58)(H,52,55)/t26-,27+,28-,29?,30-,34+,39-,46?/m1/s1. The van der Waals surface area contributed by atoms with Gasteiger partial charge in [0, 0.05) is 54.8 Å². The molecule has 0 bridgehead atoms. The van der Waals surface area contributed by atoms with Crippen LogP contribution in [0.25, 0.3) is 22.3 Å². The number of pyridine rings is 1. The van der Waals surface area contributed by atoms with E-state index in [1.165, 1.54) is 29.8 Å². The first-order chi connectivity index (χ1) is 30.6. The molecule has 16 nitrogen and oxygen atoms in total. The predicted octanol–water partition coefficient (Wildman–Crippen LogP) is 6.06. The molecule has 1 aromatic carbocycles. The summed E-state index contributed by atoms with van der Waals surface area (Å²) >= 11 is 8.57. The first-order valence-electron chi connectivity index (χ1n) is 22.3. The van der Waals surface area contributed by atoms with Gasteiger partial charge in [-0.15, -0.1) is 17.9 Å². The van der Waals surface area contributed by atoms with Gasteiger partial charge in [-0.05, 0) is 68.9 Å². The van der Waals surface area contributed by atoms with Gasteiger partial charge in [0.05, 0.1) is 38.1 Å². The van der Waals surface area contributed by atoms with Crippen LogP contribution in [-0.4, -0.2) is 133 Å². The van der Waals surface area contributed by atoms with Crippen LogP contribution in [0.4, 0.5) is 9.93 Å². The Morgan fingerprint density at radius 3 is 2.47 bits per heavy atom. The normalized spacial score (nSPS) is 26.8. The summed E-state index contributed by atoms with van der Waals surface area (Å²) in [5.74, 6) is 0.110. The average Bonchev–Trinajstić information content (AvgIpc) is 3.92. The van der Waals surface area contributed by atoms with Crippen molar-refractivity contribution in [3.63, 3.8) is 0 Å². The highest BCUT2D eigenvalue weighted by atomic mass is 35.5. The minimum absolute atomic E-state index is 0.0168. The van der Waals surface area contributed by atoms with Gasteiger partial charge >= 0.3 is 12.1 Å². The number of hydrogen-bond donors (Lipinski definition) is 3. The molecule has 2 aromatic heterocycles. The molecule has 0 spiro atoms. The number of fused-ring (bicyclic) bond motifs is 2. The van der Waals surface area contributed by atoms with Crippen molar-refractivity contribution in [2.75, 3.05) is 58.4 Å². The number of amides is 3. The van der Waals surface area contributed by atoms with Crippen LogP contribution >= 0.6 is 22.9 Å². The van der Waals surface area contributed by atoms with E-state index in [1.807, 2.05) is 46.1 Å². The van der Waals surface area contributed by atoms with E-state index in [-0.39, 0.29) is 31.0 Å². The number of thiazole rings is 1. The number of morpholine rings is 1. The second-order valence-electron chi connectivity index (χ2n) is 19.1. The smallest absolute Gasteiger partial charge is 0.408 e. The summed E-state index contributed by atoms with van der Waals surface area (Å²) in [6, 6.07) is 3.44. The molecule has 2 aliphatic heterocycles. The lowest BCUT2D eigenvalue weighted by molar-refractivity contribution is -0.148. The first kappa shape index (κ1) is 45.8. The highest BCUT2D eigenvalue weighted by molar-refractivity contribution is 7.14. The molecule has 5 aliphatic rings. The van der Waals surface area contributed by atoms with E-state index >= 15 is 0 Å². The third kappa shape index (κ3) is 9.92. The minimum atomic E-state index is -1.31. The summed E-state index contributed by atoms with van der Waals surface area (Å²) in [6.45, 7) is 17.6. The lowest BCUT2D eigenvalue weighted by atomic mass is 9.85. The average molecular weight is 923 g/mol. The van der Waals surface area contributed by atoms with Crippen molar-refractivity contribution in [2.24, 2.45) is 23.2 Å². The molecule has 3 N–H and O–H groups in total. The SMILES string of the molecule is C=C[C@@H]1CC1(NC(=O)[C@@H]1C[C@@H](Oc2cc(-c3csc(NC(C)C)n3)nc3c(Cl)c(OCCN4CCOCC4)ccc23)CN1C(=O)[C@@H](NC(=O)OC1C[C@@H]2C[C@@H]2C1)C(C)(C)C)C(=O)OC. The molecule has 3 amide bonds. The van der Waals surface area contributed by atoms with Crippen LogP contribution in [0, 0.1) is 23.2 Å². The number of rotatable bonds is 16. The Morgan fingerprint density at radius 1 is 1.05 bits per heavy atom. The summed E-state index contributed by atoms with van der Waals surface area (Å²) in [4.78, 5) is 69.3. The Kier molecular flexibility index (Phi) is 13.4. The van der Waals surface area contributed by atoms with Crippen molar-refractivity contribution < 1.29 is 42.9 Å². The number of carbonyl (C=O) groups is 4. The Hall–Kier alpha value is -4.71. The molecule has 3 aromatic rings. The van der Waals surface area contributed by atoms with Crippen LogP contribution in [0.15, 0.2) is 36.2 Å². The Balaban J connectivity index is 1.10. The van der Waals surface area contributed by atoms with Crippen molar-refractivity contribution >= 4 is 62.8 Å². The zero-order valence-electron chi connectivity index (χ0n) is 37.4. The van der Waals surface area contributed by atoms with E-state index in [1.54, 1.807) is 18.2 Å². The minimum Gasteiger partial charge on any atom is -0.491 e. The highest BCUT2D eigenvalue weighted by Crippen LogP contribution is 2.52. The second-order valence-corrected chi connectivity index (χ2v) is 20.3. The molecule has 346 valence electrons. The zero-order valence-corrected chi connectivity index (χ0v) is 39.0. The van der Waals surface area contributed by atoms with Crippen LogP contribution < -0.4 is 25.4 Å². The lowest BCUT2D eigenvalue weighted by Gasteiger charge is -2.35. The zero-order chi connectivity index (χ0) is 45.5. The van der Waals surface area contributed by atoms with Gasteiger partial charge in [0.1, 0.15) is 58.7 Å². The van der Waals surface area contributed by atoms with Crippen molar-refractivity contribution in [1.29, 1.82) is 0 Å². The molecular formula is C46H60ClN7O9S. The van der Waals surface area contributed by atoms with Crippen molar-refractivity contribution in [3.8, 4) is 22.9 Å². The van der Waals surface area contributed by atoms with E-state index in [0.717, 1.165) is 31.1 Å². The molecule has 3 aliphatic carbocycles. The summed E-state index contributed by atoms with van der Waals surface area (Å²) in [7, 11) is 1.27. The molecule has 8 rings (SSSR count). The van der Waals surface area contributed by atoms with Gasteiger partial charge < -0.3 is 44.5 Å². The quantitative estimate of drug-likeness (QED) is 0.111. The Morgan fingerprint density at radius 2 is 1.80 bits per heavy atom. The molecule has 0 radical (unpaired) electrons. The van der Waals surface area contributed by atoms with E-state index < -0.39 is 53.0 Å². The van der Waals surface area contributed by atoms with Crippen LogP contribution in [0.5, 0.6) is 11.5 Å². The van der Waals surface area contributed by atoms with Gasteiger partial charge in [0.2, 0.25) is 11.8 Å². The predicted molar refractivity (Wildman–Crippen MR) is 243 cm³/mol. The fourth-order valence-electron chi connectivity index (χ4n) is 9.28. The highest BCUT2D eigenvalue weighted by Gasteiger charge is 2.62. The van der Waals surface area contributed by atoms with Gasteiger partial charge in [0.15, 0.2) is 5.13 Å². The van der Waals surface area contributed by atoms with Crippen molar-refractivity contribution in [2.45, 2.75) is 103 Å². The van der Waals surface area contributed by atoms with Crippen molar-refractivity contribution in [1.82, 2.24) is 30.4 Å². The summed E-state index contributed by atoms with van der Waals surface area (Å²) < 4.78 is 29.5. The molecule has 2 unspecified atom stereocenters. The second kappa shape index (κ2) is 18.6.